The number of carbonyl (C=O) groups is 3. The zero-order valence-corrected chi connectivity index (χ0v) is 16.8. The fourth-order valence-corrected chi connectivity index (χ4v) is 3.52. The van der Waals surface area contributed by atoms with E-state index >= 15 is 0 Å². The Labute approximate surface area is 180 Å². The predicted molar refractivity (Wildman–Crippen MR) is 118 cm³/mol. The highest BCUT2D eigenvalue weighted by Gasteiger charge is 2.26. The minimum Gasteiger partial charge on any atom is -0.427 e. The van der Waals surface area contributed by atoms with Gasteiger partial charge < -0.3 is 15.4 Å². The summed E-state index contributed by atoms with van der Waals surface area (Å²) in [6.45, 7) is 0. The van der Waals surface area contributed by atoms with E-state index in [-0.39, 0.29) is 24.2 Å². The molecule has 2 N–H and O–H groups in total. The summed E-state index contributed by atoms with van der Waals surface area (Å²) in [4.78, 5) is 36.7. The summed E-state index contributed by atoms with van der Waals surface area (Å²) in [5.41, 5.74) is 3.08. The van der Waals surface area contributed by atoms with Gasteiger partial charge in [-0.1, -0.05) is 36.4 Å². The molecule has 1 aliphatic heterocycles. The molecule has 3 aromatic rings. The Kier molecular flexibility index (Phi) is 6.08. The van der Waals surface area contributed by atoms with Gasteiger partial charge >= 0.3 is 5.97 Å². The van der Waals surface area contributed by atoms with E-state index in [0.717, 1.165) is 11.3 Å². The molecule has 0 bridgehead atoms. The second-order valence-corrected chi connectivity index (χ2v) is 7.40. The largest absolute Gasteiger partial charge is 0.427 e. The van der Waals surface area contributed by atoms with Crippen molar-refractivity contribution in [3.8, 4) is 5.75 Å². The predicted octanol–water partition coefficient (Wildman–Crippen LogP) is 4.44. The lowest BCUT2D eigenvalue weighted by atomic mass is 9.90. The van der Waals surface area contributed by atoms with E-state index in [0.29, 0.717) is 29.8 Å². The Morgan fingerprint density at radius 3 is 2.42 bits per heavy atom. The minimum absolute atomic E-state index is 0.0648. The SMILES string of the molecule is O=C(CCC1Cc2ccccc2NC1=O)Oc1ccc(NC(=O)c2ccccc2)cc1. The quantitative estimate of drug-likeness (QED) is 0.461. The zero-order chi connectivity index (χ0) is 21.6. The highest BCUT2D eigenvalue weighted by atomic mass is 16.5. The summed E-state index contributed by atoms with van der Waals surface area (Å²) in [5, 5.41) is 5.69. The summed E-state index contributed by atoms with van der Waals surface area (Å²) in [6, 6.07) is 23.2. The number of nitrogens with one attached hydrogen (secondary N) is 2. The number of hydrogen-bond donors (Lipinski definition) is 2. The van der Waals surface area contributed by atoms with Crippen LogP contribution in [0.25, 0.3) is 0 Å². The number of carbonyl (C=O) groups excluding carboxylic acids is 3. The van der Waals surface area contributed by atoms with Crippen molar-refractivity contribution in [3.05, 3.63) is 90.0 Å². The molecule has 0 saturated heterocycles. The number of para-hydroxylation sites is 1. The van der Waals surface area contributed by atoms with E-state index in [4.69, 9.17) is 4.74 Å². The molecule has 1 aliphatic rings. The summed E-state index contributed by atoms with van der Waals surface area (Å²) in [7, 11) is 0. The molecule has 0 aliphatic carbocycles. The van der Waals surface area contributed by atoms with Gasteiger partial charge in [0.25, 0.3) is 5.91 Å². The van der Waals surface area contributed by atoms with Crippen LogP contribution in [0.2, 0.25) is 0 Å². The number of amides is 2. The molecule has 1 heterocycles. The first kappa shape index (κ1) is 20.3. The normalized spacial score (nSPS) is 14.8. The molecule has 0 radical (unpaired) electrons. The van der Waals surface area contributed by atoms with Crippen LogP contribution in [0.3, 0.4) is 0 Å². The molecule has 0 aromatic heterocycles. The first-order chi connectivity index (χ1) is 15.1. The third-order valence-electron chi connectivity index (χ3n) is 5.19. The molecule has 6 nitrogen and oxygen atoms in total. The highest BCUT2D eigenvalue weighted by molar-refractivity contribution is 6.04. The standard InChI is InChI=1S/C25H22N2O4/c28-23(15-10-19-16-18-8-4-5-9-22(18)27-25(19)30)31-21-13-11-20(12-14-21)26-24(29)17-6-2-1-3-7-17/h1-9,11-14,19H,10,15-16H2,(H,26,29)(H,27,30). The summed E-state index contributed by atoms with van der Waals surface area (Å²) in [6.07, 6.45) is 1.18. The number of esters is 1. The maximum absolute atomic E-state index is 12.3. The van der Waals surface area contributed by atoms with Crippen LogP contribution in [0.15, 0.2) is 78.9 Å². The highest BCUT2D eigenvalue weighted by Crippen LogP contribution is 2.27. The molecule has 0 spiro atoms. The second-order valence-electron chi connectivity index (χ2n) is 7.40. The van der Waals surface area contributed by atoms with Crippen molar-refractivity contribution in [2.24, 2.45) is 5.92 Å². The Hall–Kier alpha value is -3.93. The average Bonchev–Trinajstić information content (AvgIpc) is 2.79. The summed E-state index contributed by atoms with van der Waals surface area (Å²) in [5.74, 6) is -0.533. The second kappa shape index (κ2) is 9.26. The van der Waals surface area contributed by atoms with Crippen LogP contribution >= 0.6 is 0 Å². The van der Waals surface area contributed by atoms with Crippen molar-refractivity contribution in [1.82, 2.24) is 0 Å². The number of benzene rings is 3. The Balaban J connectivity index is 1.27. The first-order valence-electron chi connectivity index (χ1n) is 10.1. The third kappa shape index (κ3) is 5.17. The molecule has 0 saturated carbocycles. The van der Waals surface area contributed by atoms with Crippen LogP contribution in [-0.2, 0) is 16.0 Å². The Morgan fingerprint density at radius 1 is 0.935 bits per heavy atom. The Morgan fingerprint density at radius 2 is 1.65 bits per heavy atom. The van der Waals surface area contributed by atoms with Gasteiger partial charge in [0.2, 0.25) is 5.91 Å². The fourth-order valence-electron chi connectivity index (χ4n) is 3.52. The molecule has 3 aromatic carbocycles. The molecule has 1 unspecified atom stereocenters. The number of anilines is 2. The first-order valence-corrected chi connectivity index (χ1v) is 10.1. The number of hydrogen-bond acceptors (Lipinski definition) is 4. The lowest BCUT2D eigenvalue weighted by Crippen LogP contribution is -2.30. The topological polar surface area (TPSA) is 84.5 Å². The van der Waals surface area contributed by atoms with Crippen molar-refractivity contribution >= 4 is 29.2 Å². The zero-order valence-electron chi connectivity index (χ0n) is 16.8. The van der Waals surface area contributed by atoms with Crippen molar-refractivity contribution < 1.29 is 19.1 Å². The molecule has 4 rings (SSSR count). The van der Waals surface area contributed by atoms with Gasteiger partial charge in [0.05, 0.1) is 0 Å². The van der Waals surface area contributed by atoms with Crippen LogP contribution in [0.1, 0.15) is 28.8 Å². The number of ether oxygens (including phenoxy) is 1. The maximum atomic E-state index is 12.3. The van der Waals surface area contributed by atoms with Gasteiger partial charge in [0, 0.05) is 29.3 Å². The van der Waals surface area contributed by atoms with Gasteiger partial charge in [0.15, 0.2) is 0 Å². The molecular weight excluding hydrogens is 392 g/mol. The average molecular weight is 414 g/mol. The van der Waals surface area contributed by atoms with E-state index in [2.05, 4.69) is 10.6 Å². The monoisotopic (exact) mass is 414 g/mol. The minimum atomic E-state index is -0.396. The van der Waals surface area contributed by atoms with Crippen molar-refractivity contribution in [2.45, 2.75) is 19.3 Å². The molecular formula is C25H22N2O4. The van der Waals surface area contributed by atoms with Gasteiger partial charge in [-0.05, 0) is 60.9 Å². The van der Waals surface area contributed by atoms with Crippen LogP contribution in [-0.4, -0.2) is 17.8 Å². The van der Waals surface area contributed by atoms with Crippen LogP contribution in [0.4, 0.5) is 11.4 Å². The van der Waals surface area contributed by atoms with Crippen LogP contribution < -0.4 is 15.4 Å². The van der Waals surface area contributed by atoms with Crippen LogP contribution in [0.5, 0.6) is 5.75 Å². The summed E-state index contributed by atoms with van der Waals surface area (Å²) < 4.78 is 5.37. The van der Waals surface area contributed by atoms with Gasteiger partial charge in [-0.3, -0.25) is 14.4 Å². The molecule has 6 heteroatoms. The Bertz CT molecular complexity index is 1090. The third-order valence-corrected chi connectivity index (χ3v) is 5.19. The molecule has 31 heavy (non-hydrogen) atoms. The van der Waals surface area contributed by atoms with E-state index in [1.54, 1.807) is 48.5 Å². The number of fused-ring (bicyclic) bond motifs is 1. The molecule has 0 fully saturated rings. The van der Waals surface area contributed by atoms with E-state index in [9.17, 15) is 14.4 Å². The van der Waals surface area contributed by atoms with E-state index in [1.165, 1.54) is 0 Å². The smallest absolute Gasteiger partial charge is 0.311 e. The van der Waals surface area contributed by atoms with E-state index < -0.39 is 5.97 Å². The van der Waals surface area contributed by atoms with E-state index in [1.807, 2.05) is 30.3 Å². The van der Waals surface area contributed by atoms with Gasteiger partial charge in [-0.25, -0.2) is 0 Å². The van der Waals surface area contributed by atoms with Crippen molar-refractivity contribution in [3.63, 3.8) is 0 Å². The van der Waals surface area contributed by atoms with Crippen molar-refractivity contribution in [1.29, 1.82) is 0 Å². The summed E-state index contributed by atoms with van der Waals surface area (Å²) >= 11 is 0. The lowest BCUT2D eigenvalue weighted by Gasteiger charge is -2.24. The fraction of sp³-hybridized carbons (Fsp3) is 0.160. The maximum Gasteiger partial charge on any atom is 0.311 e. The number of rotatable bonds is 6. The molecule has 1 atom stereocenters. The lowest BCUT2D eigenvalue weighted by molar-refractivity contribution is -0.134. The van der Waals surface area contributed by atoms with Gasteiger partial charge in [0.1, 0.15) is 5.75 Å². The molecule has 2 amide bonds. The van der Waals surface area contributed by atoms with Crippen molar-refractivity contribution in [2.75, 3.05) is 10.6 Å². The van der Waals surface area contributed by atoms with Gasteiger partial charge in [-0.15, -0.1) is 0 Å². The van der Waals surface area contributed by atoms with Gasteiger partial charge in [-0.2, -0.15) is 0 Å². The molecule has 156 valence electrons. The van der Waals surface area contributed by atoms with Crippen LogP contribution in [0, 0.1) is 5.92 Å².